The van der Waals surface area contributed by atoms with Crippen LogP contribution >= 0.6 is 0 Å². The molecule has 0 unspecified atom stereocenters. The van der Waals surface area contributed by atoms with E-state index in [1.165, 1.54) is 5.56 Å². The Bertz CT molecular complexity index is 1260. The summed E-state index contributed by atoms with van der Waals surface area (Å²) in [5.41, 5.74) is 5.12. The van der Waals surface area contributed by atoms with Crippen LogP contribution in [0.4, 0.5) is 5.69 Å². The van der Waals surface area contributed by atoms with E-state index in [0.29, 0.717) is 44.1 Å². The molecule has 2 fully saturated rings. The molecule has 3 aromatic rings. The highest BCUT2D eigenvalue weighted by Crippen LogP contribution is 2.28. The van der Waals surface area contributed by atoms with Crippen molar-refractivity contribution in [2.75, 3.05) is 37.6 Å². The lowest BCUT2D eigenvalue weighted by molar-refractivity contribution is -0.137. The van der Waals surface area contributed by atoms with Crippen molar-refractivity contribution in [3.63, 3.8) is 0 Å². The highest BCUT2D eigenvalue weighted by molar-refractivity contribution is 6.00. The highest BCUT2D eigenvalue weighted by atomic mass is 16.2. The van der Waals surface area contributed by atoms with Crippen molar-refractivity contribution in [3.8, 4) is 11.3 Å². The van der Waals surface area contributed by atoms with E-state index in [9.17, 15) is 14.4 Å². The quantitative estimate of drug-likeness (QED) is 0.628. The summed E-state index contributed by atoms with van der Waals surface area (Å²) in [5, 5.41) is 7.07. The molecular weight excluding hydrogens is 444 g/mol. The number of aromatic nitrogens is 3. The minimum atomic E-state index is -0.359. The number of aromatic amines is 1. The molecule has 9 nitrogen and oxygen atoms in total. The molecule has 2 aliphatic rings. The van der Waals surface area contributed by atoms with Crippen molar-refractivity contribution in [2.45, 2.75) is 20.3 Å². The van der Waals surface area contributed by atoms with Gasteiger partial charge in [-0.2, -0.15) is 5.10 Å². The Balaban J connectivity index is 1.18. The second-order valence-corrected chi connectivity index (χ2v) is 9.19. The van der Waals surface area contributed by atoms with E-state index in [1.807, 2.05) is 44.2 Å². The van der Waals surface area contributed by atoms with E-state index < -0.39 is 0 Å². The van der Waals surface area contributed by atoms with Crippen molar-refractivity contribution >= 4 is 23.4 Å². The maximum atomic E-state index is 13.2. The molecule has 1 atom stereocenters. The van der Waals surface area contributed by atoms with Crippen molar-refractivity contribution in [3.05, 3.63) is 65.6 Å². The van der Waals surface area contributed by atoms with Gasteiger partial charge in [-0.1, -0.05) is 6.07 Å². The van der Waals surface area contributed by atoms with Crippen molar-refractivity contribution < 1.29 is 14.4 Å². The van der Waals surface area contributed by atoms with Gasteiger partial charge in [0.05, 0.1) is 11.6 Å². The zero-order chi connectivity index (χ0) is 24.5. The number of anilines is 1. The van der Waals surface area contributed by atoms with E-state index in [-0.39, 0.29) is 30.1 Å². The monoisotopic (exact) mass is 472 g/mol. The number of piperazine rings is 1. The average molecular weight is 473 g/mol. The Labute approximate surface area is 203 Å². The first-order valence-corrected chi connectivity index (χ1v) is 11.8. The van der Waals surface area contributed by atoms with Gasteiger partial charge in [0.25, 0.3) is 5.91 Å². The number of nitrogens with one attached hydrogen (secondary N) is 1. The number of pyridine rings is 1. The van der Waals surface area contributed by atoms with Gasteiger partial charge in [0.1, 0.15) is 5.69 Å². The van der Waals surface area contributed by atoms with Crippen LogP contribution in [-0.4, -0.2) is 75.4 Å². The van der Waals surface area contributed by atoms with E-state index in [2.05, 4.69) is 15.2 Å². The van der Waals surface area contributed by atoms with Gasteiger partial charge < -0.3 is 14.7 Å². The SMILES string of the molecule is Cc1ccc(N2C[C@@H](C(=O)N3CCN(C(=O)c4cc(-c5ccncc5)n[nH]4)CC3)CC2=O)cc1C. The molecule has 180 valence electrons. The summed E-state index contributed by atoms with van der Waals surface area (Å²) >= 11 is 0. The third-order valence-corrected chi connectivity index (χ3v) is 6.94. The highest BCUT2D eigenvalue weighted by Gasteiger charge is 2.38. The van der Waals surface area contributed by atoms with Gasteiger partial charge in [-0.05, 0) is 55.3 Å². The average Bonchev–Trinajstić information content (AvgIpc) is 3.53. The lowest BCUT2D eigenvalue weighted by Crippen LogP contribution is -2.52. The fourth-order valence-corrected chi connectivity index (χ4v) is 4.68. The predicted molar refractivity (Wildman–Crippen MR) is 131 cm³/mol. The fourth-order valence-electron chi connectivity index (χ4n) is 4.68. The van der Waals surface area contributed by atoms with Crippen LogP contribution in [0.1, 0.15) is 28.0 Å². The standard InChI is InChI=1S/C26H28N6O3/c1-17-3-4-21(13-18(17)2)32-16-20(14-24(32)33)25(34)30-9-11-31(12-10-30)26(35)23-15-22(28-29-23)19-5-7-27-8-6-19/h3-8,13,15,20H,9-12,14,16H2,1-2H3,(H,28,29)/t20-/m0/s1. The zero-order valence-corrected chi connectivity index (χ0v) is 19.9. The van der Waals surface area contributed by atoms with E-state index in [1.54, 1.807) is 33.2 Å². The minimum Gasteiger partial charge on any atom is -0.339 e. The van der Waals surface area contributed by atoms with Gasteiger partial charge in [0, 0.05) is 62.8 Å². The second kappa shape index (κ2) is 9.32. The summed E-state index contributed by atoms with van der Waals surface area (Å²) in [5.74, 6) is -0.535. The first kappa shape index (κ1) is 22.8. The number of hydrogen-bond donors (Lipinski definition) is 1. The molecule has 2 aromatic heterocycles. The van der Waals surface area contributed by atoms with Gasteiger partial charge in [-0.3, -0.25) is 24.5 Å². The number of hydrogen-bond acceptors (Lipinski definition) is 5. The number of carbonyl (C=O) groups is 3. The smallest absolute Gasteiger partial charge is 0.272 e. The van der Waals surface area contributed by atoms with Crippen LogP contribution in [0.3, 0.4) is 0 Å². The fraction of sp³-hybridized carbons (Fsp3) is 0.346. The van der Waals surface area contributed by atoms with Crippen LogP contribution in [0, 0.1) is 19.8 Å². The van der Waals surface area contributed by atoms with Crippen LogP contribution in [-0.2, 0) is 9.59 Å². The molecule has 35 heavy (non-hydrogen) atoms. The third-order valence-electron chi connectivity index (χ3n) is 6.94. The first-order valence-electron chi connectivity index (χ1n) is 11.8. The predicted octanol–water partition coefficient (Wildman–Crippen LogP) is 2.43. The molecule has 0 spiro atoms. The Morgan fingerprint density at radius 2 is 1.66 bits per heavy atom. The minimum absolute atomic E-state index is 0.0155. The van der Waals surface area contributed by atoms with Crippen LogP contribution in [0.25, 0.3) is 11.3 Å². The molecule has 0 saturated carbocycles. The molecule has 9 heteroatoms. The maximum absolute atomic E-state index is 13.2. The molecule has 3 amide bonds. The lowest BCUT2D eigenvalue weighted by Gasteiger charge is -2.35. The lowest BCUT2D eigenvalue weighted by atomic mass is 10.1. The van der Waals surface area contributed by atoms with Crippen LogP contribution < -0.4 is 4.90 Å². The van der Waals surface area contributed by atoms with Crippen molar-refractivity contribution in [1.29, 1.82) is 0 Å². The second-order valence-electron chi connectivity index (χ2n) is 9.19. The Morgan fingerprint density at radius 3 is 2.37 bits per heavy atom. The molecule has 0 radical (unpaired) electrons. The van der Waals surface area contributed by atoms with Crippen molar-refractivity contribution in [1.82, 2.24) is 25.0 Å². The molecule has 0 bridgehead atoms. The number of nitrogens with zero attached hydrogens (tertiary/aromatic N) is 5. The molecular formula is C26H28N6O3. The van der Waals surface area contributed by atoms with Gasteiger partial charge in [0.2, 0.25) is 11.8 Å². The Morgan fingerprint density at radius 1 is 0.943 bits per heavy atom. The molecule has 1 aromatic carbocycles. The van der Waals surface area contributed by atoms with Crippen LogP contribution in [0.15, 0.2) is 48.8 Å². The summed E-state index contributed by atoms with van der Waals surface area (Å²) in [6.07, 6.45) is 3.58. The summed E-state index contributed by atoms with van der Waals surface area (Å²) in [6, 6.07) is 11.4. The van der Waals surface area contributed by atoms with Gasteiger partial charge in [0.15, 0.2) is 0 Å². The summed E-state index contributed by atoms with van der Waals surface area (Å²) in [6.45, 7) is 6.23. The molecule has 0 aliphatic carbocycles. The summed E-state index contributed by atoms with van der Waals surface area (Å²) in [7, 11) is 0. The van der Waals surface area contributed by atoms with E-state index >= 15 is 0 Å². The maximum Gasteiger partial charge on any atom is 0.272 e. The number of H-pyrrole nitrogens is 1. The van der Waals surface area contributed by atoms with Crippen molar-refractivity contribution in [2.24, 2.45) is 5.92 Å². The first-order chi connectivity index (χ1) is 16.9. The number of carbonyl (C=O) groups excluding carboxylic acids is 3. The number of amides is 3. The van der Waals surface area contributed by atoms with E-state index in [0.717, 1.165) is 16.8 Å². The molecule has 5 rings (SSSR count). The van der Waals surface area contributed by atoms with Crippen LogP contribution in [0.2, 0.25) is 0 Å². The number of aryl methyl sites for hydroxylation is 2. The van der Waals surface area contributed by atoms with Gasteiger partial charge in [-0.15, -0.1) is 0 Å². The summed E-state index contributed by atoms with van der Waals surface area (Å²) in [4.78, 5) is 48.0. The van der Waals surface area contributed by atoms with Crippen LogP contribution in [0.5, 0.6) is 0 Å². The zero-order valence-electron chi connectivity index (χ0n) is 19.9. The Kier molecular flexibility index (Phi) is 6.07. The number of benzene rings is 1. The molecule has 2 aliphatic heterocycles. The number of rotatable bonds is 4. The van der Waals surface area contributed by atoms with Gasteiger partial charge in [-0.25, -0.2) is 0 Å². The van der Waals surface area contributed by atoms with E-state index in [4.69, 9.17) is 0 Å². The van der Waals surface area contributed by atoms with Gasteiger partial charge >= 0.3 is 0 Å². The third kappa shape index (κ3) is 4.53. The Hall–Kier alpha value is -4.01. The summed E-state index contributed by atoms with van der Waals surface area (Å²) < 4.78 is 0. The molecule has 4 heterocycles. The molecule has 1 N–H and O–H groups in total. The molecule has 2 saturated heterocycles. The normalized spacial score (nSPS) is 18.3. The largest absolute Gasteiger partial charge is 0.339 e. The topological polar surface area (TPSA) is 102 Å².